The zero-order chi connectivity index (χ0) is 15.1. The molecule has 1 aromatic rings. The summed E-state index contributed by atoms with van der Waals surface area (Å²) in [7, 11) is 0. The third-order valence-electron chi connectivity index (χ3n) is 3.74. The van der Waals surface area contributed by atoms with Crippen molar-refractivity contribution < 1.29 is 4.74 Å². The Balaban J connectivity index is 1.78. The molecule has 0 radical (unpaired) electrons. The van der Waals surface area contributed by atoms with Gasteiger partial charge in [-0.3, -0.25) is 4.90 Å². The number of benzene rings is 1. The van der Waals surface area contributed by atoms with Gasteiger partial charge in [-0.2, -0.15) is 0 Å². The number of hydrogen-bond acceptors (Lipinski definition) is 3. The Labute approximate surface area is 141 Å². The Morgan fingerprint density at radius 1 is 1.43 bits per heavy atom. The van der Waals surface area contributed by atoms with E-state index in [0.717, 1.165) is 29.9 Å². The molecule has 3 nitrogen and oxygen atoms in total. The van der Waals surface area contributed by atoms with Crippen molar-refractivity contribution in [2.75, 3.05) is 32.8 Å². The van der Waals surface area contributed by atoms with Crippen LogP contribution in [0, 0.1) is 0 Å². The van der Waals surface area contributed by atoms with Crippen molar-refractivity contribution in [3.05, 3.63) is 27.7 Å². The lowest BCUT2D eigenvalue weighted by atomic mass is 10.2. The maximum absolute atomic E-state index is 5.94. The van der Waals surface area contributed by atoms with E-state index in [1.54, 1.807) is 0 Å². The highest BCUT2D eigenvalue weighted by Gasteiger charge is 2.17. The van der Waals surface area contributed by atoms with E-state index >= 15 is 0 Å². The first-order valence-electron chi connectivity index (χ1n) is 7.72. The second kappa shape index (κ2) is 8.99. The van der Waals surface area contributed by atoms with Crippen molar-refractivity contribution in [3.63, 3.8) is 0 Å². The lowest BCUT2D eigenvalue weighted by Crippen LogP contribution is -2.39. The molecule has 0 spiro atoms. The van der Waals surface area contributed by atoms with Crippen LogP contribution in [-0.2, 0) is 0 Å². The Morgan fingerprint density at radius 3 is 2.95 bits per heavy atom. The molecule has 2 rings (SSSR count). The van der Waals surface area contributed by atoms with E-state index < -0.39 is 0 Å². The Morgan fingerprint density at radius 2 is 2.29 bits per heavy atom. The summed E-state index contributed by atoms with van der Waals surface area (Å²) in [6, 6.07) is 6.28. The van der Waals surface area contributed by atoms with Gasteiger partial charge >= 0.3 is 0 Å². The van der Waals surface area contributed by atoms with Crippen molar-refractivity contribution in [1.82, 2.24) is 10.2 Å². The first-order chi connectivity index (χ1) is 10.2. The van der Waals surface area contributed by atoms with Crippen LogP contribution >= 0.6 is 27.5 Å². The van der Waals surface area contributed by atoms with Crippen LogP contribution in [0.1, 0.15) is 26.2 Å². The lowest BCUT2D eigenvalue weighted by Gasteiger charge is -2.25. The van der Waals surface area contributed by atoms with Crippen molar-refractivity contribution in [2.24, 2.45) is 0 Å². The molecule has 21 heavy (non-hydrogen) atoms. The summed E-state index contributed by atoms with van der Waals surface area (Å²) in [6.07, 6.45) is 3.78. The average molecular weight is 376 g/mol. The minimum atomic E-state index is 0.652. The van der Waals surface area contributed by atoms with Crippen LogP contribution in [-0.4, -0.2) is 43.7 Å². The molecule has 0 saturated carbocycles. The van der Waals surface area contributed by atoms with Crippen LogP contribution in [0.3, 0.4) is 0 Å². The van der Waals surface area contributed by atoms with Crippen LogP contribution in [0.2, 0.25) is 5.02 Å². The summed E-state index contributed by atoms with van der Waals surface area (Å²) >= 11 is 9.42. The van der Waals surface area contributed by atoms with E-state index in [1.807, 2.05) is 18.2 Å². The zero-order valence-electron chi connectivity index (χ0n) is 12.6. The van der Waals surface area contributed by atoms with E-state index in [9.17, 15) is 0 Å². The highest BCUT2D eigenvalue weighted by molar-refractivity contribution is 9.10. The molecule has 1 aliphatic rings. The molecule has 0 aliphatic carbocycles. The maximum Gasteiger partial charge on any atom is 0.133 e. The van der Waals surface area contributed by atoms with Crippen LogP contribution in [0.15, 0.2) is 22.7 Å². The fourth-order valence-corrected chi connectivity index (χ4v) is 3.51. The number of nitrogens with zero attached hydrogens (tertiary/aromatic N) is 1. The highest BCUT2D eigenvalue weighted by atomic mass is 79.9. The molecular formula is C16H24BrClN2O. The summed E-state index contributed by atoms with van der Waals surface area (Å²) in [6.45, 7) is 7.31. The smallest absolute Gasteiger partial charge is 0.133 e. The van der Waals surface area contributed by atoms with Gasteiger partial charge in [-0.25, -0.2) is 0 Å². The third-order valence-corrected chi connectivity index (χ3v) is 4.59. The molecule has 1 aliphatic heterocycles. The molecule has 0 aromatic heterocycles. The molecule has 0 amide bonds. The van der Waals surface area contributed by atoms with Crippen molar-refractivity contribution in [3.8, 4) is 5.75 Å². The molecule has 1 heterocycles. The number of nitrogens with one attached hydrogen (secondary N) is 1. The number of ether oxygens (including phenoxy) is 1. The first kappa shape index (κ1) is 17.1. The van der Waals surface area contributed by atoms with Gasteiger partial charge in [0.2, 0.25) is 0 Å². The van der Waals surface area contributed by atoms with Gasteiger partial charge in [0.1, 0.15) is 12.4 Å². The quantitative estimate of drug-likeness (QED) is 0.744. The minimum absolute atomic E-state index is 0.652. The Hall–Kier alpha value is -0.290. The van der Waals surface area contributed by atoms with Crippen molar-refractivity contribution in [1.29, 1.82) is 0 Å². The van der Waals surface area contributed by atoms with Gasteiger partial charge in [0.05, 0.1) is 4.47 Å². The number of halogens is 2. The van der Waals surface area contributed by atoms with Gasteiger partial charge in [0.25, 0.3) is 0 Å². The fraction of sp³-hybridized carbons (Fsp3) is 0.625. The monoisotopic (exact) mass is 374 g/mol. The third kappa shape index (κ3) is 5.78. The van der Waals surface area contributed by atoms with Gasteiger partial charge in [-0.1, -0.05) is 18.5 Å². The van der Waals surface area contributed by atoms with Gasteiger partial charge in [-0.05, 0) is 66.5 Å². The van der Waals surface area contributed by atoms with Crippen molar-refractivity contribution >= 4 is 27.5 Å². The molecule has 118 valence electrons. The maximum atomic E-state index is 5.94. The number of hydrogen-bond donors (Lipinski definition) is 1. The van der Waals surface area contributed by atoms with Crippen LogP contribution in [0.25, 0.3) is 0 Å². The largest absolute Gasteiger partial charge is 0.491 e. The lowest BCUT2D eigenvalue weighted by molar-refractivity contribution is 0.196. The second-order valence-corrected chi connectivity index (χ2v) is 6.81. The summed E-state index contributed by atoms with van der Waals surface area (Å²) in [5, 5.41) is 4.28. The van der Waals surface area contributed by atoms with Gasteiger partial charge < -0.3 is 10.1 Å². The molecule has 1 unspecified atom stereocenters. The summed E-state index contributed by atoms with van der Waals surface area (Å²) < 4.78 is 6.78. The standard InChI is InChI=1S/C16H24BrClN2O/c1-2-8-20(12-14-4-3-7-19-14)9-10-21-16-6-5-13(18)11-15(16)17/h5-6,11,14,19H,2-4,7-10,12H2,1H3. The summed E-state index contributed by atoms with van der Waals surface area (Å²) in [5.74, 6) is 0.856. The van der Waals surface area contributed by atoms with Crippen LogP contribution in [0.4, 0.5) is 0 Å². The Kier molecular flexibility index (Phi) is 7.30. The predicted molar refractivity (Wildman–Crippen MR) is 92.4 cm³/mol. The fourth-order valence-electron chi connectivity index (χ4n) is 2.71. The first-order valence-corrected chi connectivity index (χ1v) is 8.89. The van der Waals surface area contributed by atoms with E-state index in [1.165, 1.54) is 25.8 Å². The van der Waals surface area contributed by atoms with Gasteiger partial charge in [0.15, 0.2) is 0 Å². The predicted octanol–water partition coefficient (Wildman–Crippen LogP) is 3.95. The van der Waals surface area contributed by atoms with Gasteiger partial charge in [-0.15, -0.1) is 0 Å². The molecule has 1 fully saturated rings. The Bertz CT molecular complexity index is 438. The molecule has 1 saturated heterocycles. The summed E-state index contributed by atoms with van der Waals surface area (Å²) in [4.78, 5) is 2.49. The SMILES string of the molecule is CCCN(CCOc1ccc(Cl)cc1Br)CC1CCCN1. The molecule has 1 N–H and O–H groups in total. The van der Waals surface area contributed by atoms with Crippen LogP contribution < -0.4 is 10.1 Å². The van der Waals surface area contributed by atoms with Crippen molar-refractivity contribution in [2.45, 2.75) is 32.2 Å². The van der Waals surface area contributed by atoms with E-state index in [4.69, 9.17) is 16.3 Å². The van der Waals surface area contributed by atoms with E-state index in [2.05, 4.69) is 33.1 Å². The van der Waals surface area contributed by atoms with Crippen LogP contribution in [0.5, 0.6) is 5.75 Å². The normalized spacial score (nSPS) is 18.4. The van der Waals surface area contributed by atoms with E-state index in [0.29, 0.717) is 17.7 Å². The molecular weight excluding hydrogens is 352 g/mol. The average Bonchev–Trinajstić information content (AvgIpc) is 2.94. The topological polar surface area (TPSA) is 24.5 Å². The second-order valence-electron chi connectivity index (χ2n) is 5.52. The zero-order valence-corrected chi connectivity index (χ0v) is 14.9. The molecule has 1 aromatic carbocycles. The van der Waals surface area contributed by atoms with Gasteiger partial charge in [0, 0.05) is 24.2 Å². The van der Waals surface area contributed by atoms with E-state index in [-0.39, 0.29) is 0 Å². The minimum Gasteiger partial charge on any atom is -0.491 e. The molecule has 0 bridgehead atoms. The highest BCUT2D eigenvalue weighted by Crippen LogP contribution is 2.27. The summed E-state index contributed by atoms with van der Waals surface area (Å²) in [5.41, 5.74) is 0. The molecule has 5 heteroatoms. The molecule has 1 atom stereocenters. The number of rotatable bonds is 8.